The molecule has 2 atom stereocenters. The van der Waals surface area contributed by atoms with Crippen molar-refractivity contribution < 1.29 is 10.0 Å². The van der Waals surface area contributed by atoms with Crippen LogP contribution >= 0.6 is 0 Å². The number of non-ortho nitro benzene ring substituents is 1. The number of hydrogen-bond acceptors (Lipinski definition) is 4. The number of nitrogens with zero attached hydrogens (tertiary/aromatic N) is 1. The van der Waals surface area contributed by atoms with E-state index in [1.165, 1.54) is 12.1 Å². The van der Waals surface area contributed by atoms with Gasteiger partial charge in [-0.05, 0) is 25.8 Å². The van der Waals surface area contributed by atoms with Gasteiger partial charge in [-0.3, -0.25) is 10.1 Å². The van der Waals surface area contributed by atoms with Gasteiger partial charge < -0.3 is 10.4 Å². The van der Waals surface area contributed by atoms with Crippen LogP contribution in [-0.4, -0.2) is 22.2 Å². The second kappa shape index (κ2) is 5.93. The fraction of sp³-hybridized carbons (Fsp3) is 0.538. The number of rotatable bonds is 6. The molecule has 18 heavy (non-hydrogen) atoms. The highest BCUT2D eigenvalue weighted by Crippen LogP contribution is 2.21. The molecule has 1 aromatic rings. The maximum atomic E-state index is 10.6. The van der Waals surface area contributed by atoms with Gasteiger partial charge in [0.15, 0.2) is 0 Å². The van der Waals surface area contributed by atoms with E-state index in [0.29, 0.717) is 0 Å². The molecule has 0 heterocycles. The van der Waals surface area contributed by atoms with Gasteiger partial charge in [0.25, 0.3) is 5.69 Å². The van der Waals surface area contributed by atoms with E-state index in [1.807, 2.05) is 20.8 Å². The predicted molar refractivity (Wildman–Crippen MR) is 70.4 cm³/mol. The first-order valence-electron chi connectivity index (χ1n) is 6.05. The lowest BCUT2D eigenvalue weighted by Gasteiger charge is -2.31. The molecule has 0 aliphatic carbocycles. The Hall–Kier alpha value is -1.46. The Morgan fingerprint density at radius 1 is 1.44 bits per heavy atom. The summed E-state index contributed by atoms with van der Waals surface area (Å²) in [6, 6.07) is 6.50. The van der Waals surface area contributed by atoms with E-state index in [0.717, 1.165) is 12.0 Å². The van der Waals surface area contributed by atoms with Crippen LogP contribution in [0.4, 0.5) is 5.69 Å². The number of nitro benzene ring substituents is 1. The van der Waals surface area contributed by atoms with Crippen molar-refractivity contribution in [1.82, 2.24) is 5.32 Å². The Labute approximate surface area is 107 Å². The van der Waals surface area contributed by atoms with Gasteiger partial charge in [0.1, 0.15) is 0 Å². The molecule has 1 rings (SSSR count). The largest absolute Gasteiger partial charge is 0.394 e. The van der Waals surface area contributed by atoms with Crippen LogP contribution in [0.5, 0.6) is 0 Å². The molecular formula is C13H20N2O3. The van der Waals surface area contributed by atoms with Crippen LogP contribution in [0, 0.1) is 10.1 Å². The number of nitro groups is 1. The first-order chi connectivity index (χ1) is 8.41. The van der Waals surface area contributed by atoms with Crippen LogP contribution in [-0.2, 0) is 0 Å². The maximum Gasteiger partial charge on any atom is 0.269 e. The van der Waals surface area contributed by atoms with Gasteiger partial charge in [0, 0.05) is 23.7 Å². The summed E-state index contributed by atoms with van der Waals surface area (Å²) in [7, 11) is 0. The molecule has 5 nitrogen and oxygen atoms in total. The van der Waals surface area contributed by atoms with Gasteiger partial charge in [-0.1, -0.05) is 19.1 Å². The number of nitrogens with one attached hydrogen (secondary N) is 1. The Balaban J connectivity index is 2.78. The minimum absolute atomic E-state index is 0.0305. The minimum atomic E-state index is -0.411. The lowest BCUT2D eigenvalue weighted by Crippen LogP contribution is -2.46. The van der Waals surface area contributed by atoms with Crippen molar-refractivity contribution in [3.8, 4) is 0 Å². The summed E-state index contributed by atoms with van der Waals surface area (Å²) in [6.45, 7) is 5.99. The standard InChI is InChI=1S/C13H20N2O3/c1-4-13(3,9-16)14-10(2)11-5-7-12(8-6-11)15(17)18/h5-8,10,14,16H,4,9H2,1-3H3. The molecule has 100 valence electrons. The third kappa shape index (κ3) is 3.51. The van der Waals surface area contributed by atoms with E-state index in [2.05, 4.69) is 5.32 Å². The minimum Gasteiger partial charge on any atom is -0.394 e. The summed E-state index contributed by atoms with van der Waals surface area (Å²) in [6.07, 6.45) is 0.806. The smallest absolute Gasteiger partial charge is 0.269 e. The van der Waals surface area contributed by atoms with Crippen molar-refractivity contribution in [3.63, 3.8) is 0 Å². The lowest BCUT2D eigenvalue weighted by atomic mass is 9.97. The Kier molecular flexibility index (Phi) is 4.81. The van der Waals surface area contributed by atoms with Crippen molar-refractivity contribution in [2.75, 3.05) is 6.61 Å². The normalized spacial score (nSPS) is 16.0. The highest BCUT2D eigenvalue weighted by Gasteiger charge is 2.23. The van der Waals surface area contributed by atoms with Gasteiger partial charge in [0.05, 0.1) is 11.5 Å². The van der Waals surface area contributed by atoms with Gasteiger partial charge in [-0.15, -0.1) is 0 Å². The molecule has 2 unspecified atom stereocenters. The fourth-order valence-electron chi connectivity index (χ4n) is 1.75. The molecule has 1 aromatic carbocycles. The molecule has 0 bridgehead atoms. The van der Waals surface area contributed by atoms with Crippen molar-refractivity contribution in [2.24, 2.45) is 0 Å². The van der Waals surface area contributed by atoms with Crippen LogP contribution in [0.3, 0.4) is 0 Å². The molecule has 0 aliphatic heterocycles. The lowest BCUT2D eigenvalue weighted by molar-refractivity contribution is -0.384. The molecule has 0 aliphatic rings. The first-order valence-corrected chi connectivity index (χ1v) is 6.05. The molecule has 0 fully saturated rings. The van der Waals surface area contributed by atoms with Crippen molar-refractivity contribution in [1.29, 1.82) is 0 Å². The molecule has 0 saturated heterocycles. The Bertz CT molecular complexity index is 399. The third-order valence-corrected chi connectivity index (χ3v) is 3.30. The number of benzene rings is 1. The average molecular weight is 252 g/mol. The van der Waals surface area contributed by atoms with Gasteiger partial charge in [0.2, 0.25) is 0 Å². The van der Waals surface area contributed by atoms with E-state index in [4.69, 9.17) is 0 Å². The number of aliphatic hydroxyl groups excluding tert-OH is 1. The summed E-state index contributed by atoms with van der Waals surface area (Å²) < 4.78 is 0. The van der Waals surface area contributed by atoms with Crippen LogP contribution in [0.2, 0.25) is 0 Å². The van der Waals surface area contributed by atoms with E-state index in [-0.39, 0.29) is 23.9 Å². The summed E-state index contributed by atoms with van der Waals surface area (Å²) in [5, 5.41) is 23.2. The van der Waals surface area contributed by atoms with E-state index in [9.17, 15) is 15.2 Å². The highest BCUT2D eigenvalue weighted by atomic mass is 16.6. The van der Waals surface area contributed by atoms with E-state index >= 15 is 0 Å². The molecule has 2 N–H and O–H groups in total. The van der Waals surface area contributed by atoms with Crippen LogP contribution < -0.4 is 5.32 Å². The summed E-state index contributed by atoms with van der Waals surface area (Å²) in [5.41, 5.74) is 0.723. The average Bonchev–Trinajstić information content (AvgIpc) is 2.38. The second-order valence-corrected chi connectivity index (χ2v) is 4.79. The molecule has 0 radical (unpaired) electrons. The Morgan fingerprint density at radius 2 is 2.00 bits per heavy atom. The number of aliphatic hydroxyl groups is 1. The zero-order chi connectivity index (χ0) is 13.8. The predicted octanol–water partition coefficient (Wildman–Crippen LogP) is 2.41. The van der Waals surface area contributed by atoms with Crippen LogP contribution in [0.25, 0.3) is 0 Å². The summed E-state index contributed by atoms with van der Waals surface area (Å²) in [5.74, 6) is 0. The summed E-state index contributed by atoms with van der Waals surface area (Å²) in [4.78, 5) is 10.1. The molecule has 5 heteroatoms. The second-order valence-electron chi connectivity index (χ2n) is 4.79. The van der Waals surface area contributed by atoms with Crippen LogP contribution in [0.1, 0.15) is 38.8 Å². The van der Waals surface area contributed by atoms with Crippen molar-refractivity contribution in [3.05, 3.63) is 39.9 Å². The van der Waals surface area contributed by atoms with E-state index < -0.39 is 4.92 Å². The molecule has 0 saturated carbocycles. The van der Waals surface area contributed by atoms with Gasteiger partial charge >= 0.3 is 0 Å². The van der Waals surface area contributed by atoms with Gasteiger partial charge in [-0.25, -0.2) is 0 Å². The Morgan fingerprint density at radius 3 is 2.39 bits per heavy atom. The van der Waals surface area contributed by atoms with Gasteiger partial charge in [-0.2, -0.15) is 0 Å². The highest BCUT2D eigenvalue weighted by molar-refractivity contribution is 5.34. The molecule has 0 amide bonds. The molecule has 0 spiro atoms. The quantitative estimate of drug-likeness (QED) is 0.602. The van der Waals surface area contributed by atoms with E-state index in [1.54, 1.807) is 12.1 Å². The maximum absolute atomic E-state index is 10.6. The fourth-order valence-corrected chi connectivity index (χ4v) is 1.75. The summed E-state index contributed by atoms with van der Waals surface area (Å²) >= 11 is 0. The third-order valence-electron chi connectivity index (χ3n) is 3.30. The molecule has 0 aromatic heterocycles. The first kappa shape index (κ1) is 14.6. The van der Waals surface area contributed by atoms with Crippen molar-refractivity contribution in [2.45, 2.75) is 38.8 Å². The monoisotopic (exact) mass is 252 g/mol. The zero-order valence-electron chi connectivity index (χ0n) is 11.0. The topological polar surface area (TPSA) is 75.4 Å². The van der Waals surface area contributed by atoms with Crippen molar-refractivity contribution >= 4 is 5.69 Å². The number of hydrogen-bond donors (Lipinski definition) is 2. The SMILES string of the molecule is CCC(C)(CO)NC(C)c1ccc([N+](=O)[O-])cc1. The molecular weight excluding hydrogens is 232 g/mol. The zero-order valence-corrected chi connectivity index (χ0v) is 11.0. The van der Waals surface area contributed by atoms with Crippen LogP contribution in [0.15, 0.2) is 24.3 Å².